The Bertz CT molecular complexity index is 1300. The normalized spacial score (nSPS) is 11.6. The van der Waals surface area contributed by atoms with Crippen LogP contribution in [0, 0.1) is 19.7 Å². The Balaban J connectivity index is 1.58. The van der Waals surface area contributed by atoms with E-state index in [9.17, 15) is 22.4 Å². The molecule has 4 rings (SSSR count). The van der Waals surface area contributed by atoms with Crippen LogP contribution < -0.4 is 5.32 Å². The number of alkyl halides is 3. The second-order valence-corrected chi connectivity index (χ2v) is 7.77. The number of aromatic nitrogens is 5. The molecule has 0 saturated carbocycles. The number of hydrogen-bond donors (Lipinski definition) is 1. The summed E-state index contributed by atoms with van der Waals surface area (Å²) in [6.45, 7) is 3.23. The molecule has 0 unspecified atom stereocenters. The number of aryl methyl sites for hydroxylation is 2. The molecule has 7 nitrogen and oxygen atoms in total. The minimum atomic E-state index is -4.43. The number of amides is 1. The maximum atomic E-state index is 14.2. The molecular weight excluding hydrogens is 448 g/mol. The molecule has 0 aliphatic heterocycles. The average molecular weight is 462 g/mol. The van der Waals surface area contributed by atoms with E-state index in [2.05, 4.69) is 25.8 Å². The van der Waals surface area contributed by atoms with Crippen molar-refractivity contribution in [2.45, 2.75) is 20.0 Å². The molecule has 0 atom stereocenters. The zero-order valence-corrected chi connectivity index (χ0v) is 17.4. The molecule has 0 fully saturated rings. The van der Waals surface area contributed by atoms with Crippen molar-refractivity contribution in [1.82, 2.24) is 25.2 Å². The van der Waals surface area contributed by atoms with E-state index in [1.165, 1.54) is 35.0 Å². The maximum Gasteiger partial charge on any atom is 0.416 e. The highest BCUT2D eigenvalue weighted by Crippen LogP contribution is 2.33. The largest absolute Gasteiger partial charge is 0.416 e. The average Bonchev–Trinajstić information content (AvgIpc) is 3.34. The van der Waals surface area contributed by atoms with Gasteiger partial charge in [0.1, 0.15) is 21.4 Å². The Morgan fingerprint density at radius 3 is 2.44 bits per heavy atom. The van der Waals surface area contributed by atoms with E-state index in [-0.39, 0.29) is 10.6 Å². The van der Waals surface area contributed by atoms with E-state index >= 15 is 0 Å². The Kier molecular flexibility index (Phi) is 5.46. The second kappa shape index (κ2) is 8.11. The zero-order chi connectivity index (χ0) is 23.0. The maximum absolute atomic E-state index is 14.2. The molecule has 2 heterocycles. The Morgan fingerprint density at radius 1 is 1.09 bits per heavy atom. The van der Waals surface area contributed by atoms with E-state index in [0.717, 1.165) is 23.5 Å². The SMILES string of the molecule is Cc1nc(-c2ccc(C(F)(F)F)cc2)sc1C(=O)Nc1ccc(F)c(-n2nnnc2C)c1. The summed E-state index contributed by atoms with van der Waals surface area (Å²) < 4.78 is 53.7. The molecule has 164 valence electrons. The van der Waals surface area contributed by atoms with Gasteiger partial charge >= 0.3 is 6.18 Å². The van der Waals surface area contributed by atoms with E-state index < -0.39 is 23.5 Å². The molecule has 12 heteroatoms. The lowest BCUT2D eigenvalue weighted by Crippen LogP contribution is -2.12. The Hall–Kier alpha value is -3.67. The smallest absolute Gasteiger partial charge is 0.321 e. The molecule has 2 aromatic heterocycles. The van der Waals surface area contributed by atoms with Crippen LogP contribution in [-0.2, 0) is 6.18 Å². The summed E-state index contributed by atoms with van der Waals surface area (Å²) in [6.07, 6.45) is -4.43. The zero-order valence-electron chi connectivity index (χ0n) is 16.6. The fourth-order valence-corrected chi connectivity index (χ4v) is 3.89. The molecule has 0 bridgehead atoms. The lowest BCUT2D eigenvalue weighted by Gasteiger charge is -2.08. The summed E-state index contributed by atoms with van der Waals surface area (Å²) in [5.41, 5.74) is 0.490. The molecule has 0 radical (unpaired) electrons. The van der Waals surface area contributed by atoms with Crippen molar-refractivity contribution in [3.05, 3.63) is 70.2 Å². The number of nitrogens with one attached hydrogen (secondary N) is 1. The number of halogens is 4. The number of nitrogens with zero attached hydrogens (tertiary/aromatic N) is 5. The molecule has 2 aromatic carbocycles. The number of carbonyl (C=O) groups is 1. The van der Waals surface area contributed by atoms with Crippen molar-refractivity contribution < 1.29 is 22.4 Å². The van der Waals surface area contributed by atoms with Crippen molar-refractivity contribution in [3.8, 4) is 16.3 Å². The Morgan fingerprint density at radius 2 is 1.81 bits per heavy atom. The predicted molar refractivity (Wildman–Crippen MR) is 109 cm³/mol. The van der Waals surface area contributed by atoms with Crippen LogP contribution in [0.4, 0.5) is 23.2 Å². The molecule has 0 aliphatic carbocycles. The highest BCUT2D eigenvalue weighted by molar-refractivity contribution is 7.17. The third-order valence-corrected chi connectivity index (χ3v) is 5.72. The minimum absolute atomic E-state index is 0.0665. The van der Waals surface area contributed by atoms with Crippen molar-refractivity contribution in [2.75, 3.05) is 5.32 Å². The molecular formula is C20H14F4N6OS. The van der Waals surface area contributed by atoms with Gasteiger partial charge in [-0.2, -0.15) is 17.9 Å². The summed E-state index contributed by atoms with van der Waals surface area (Å²) in [5.74, 6) is -0.687. The van der Waals surface area contributed by atoms with E-state index in [1.807, 2.05) is 0 Å². The van der Waals surface area contributed by atoms with Crippen LogP contribution in [0.15, 0.2) is 42.5 Å². The van der Waals surface area contributed by atoms with Crippen LogP contribution in [0.1, 0.15) is 26.8 Å². The lowest BCUT2D eigenvalue weighted by molar-refractivity contribution is -0.137. The third-order valence-electron chi connectivity index (χ3n) is 4.52. The van der Waals surface area contributed by atoms with E-state index in [1.54, 1.807) is 13.8 Å². The summed E-state index contributed by atoms with van der Waals surface area (Å²) in [5, 5.41) is 14.0. The van der Waals surface area contributed by atoms with Gasteiger partial charge in [-0.1, -0.05) is 12.1 Å². The second-order valence-electron chi connectivity index (χ2n) is 6.77. The summed E-state index contributed by atoms with van der Waals surface area (Å²) in [6, 6.07) is 8.51. The summed E-state index contributed by atoms with van der Waals surface area (Å²) in [7, 11) is 0. The van der Waals surface area contributed by atoms with Gasteiger partial charge in [-0.25, -0.2) is 9.37 Å². The topological polar surface area (TPSA) is 85.6 Å². The molecule has 32 heavy (non-hydrogen) atoms. The van der Waals surface area contributed by atoms with Gasteiger partial charge in [-0.05, 0) is 54.6 Å². The first kappa shape index (κ1) is 21.6. The first-order valence-corrected chi connectivity index (χ1v) is 9.96. The van der Waals surface area contributed by atoms with Gasteiger partial charge in [0.2, 0.25) is 0 Å². The molecule has 1 amide bonds. The number of benzene rings is 2. The van der Waals surface area contributed by atoms with E-state index in [4.69, 9.17) is 0 Å². The quantitative estimate of drug-likeness (QED) is 0.440. The molecule has 4 aromatic rings. The molecule has 0 aliphatic rings. The standard InChI is InChI=1S/C20H14F4N6OS/c1-10-17(32-19(25-10)12-3-5-13(6-4-12)20(22,23)24)18(31)26-14-7-8-15(21)16(9-14)30-11(2)27-28-29-30/h3-9H,1-2H3,(H,26,31). The van der Waals surface area contributed by atoms with Gasteiger partial charge in [0.25, 0.3) is 5.91 Å². The van der Waals surface area contributed by atoms with Crippen LogP contribution in [0.5, 0.6) is 0 Å². The van der Waals surface area contributed by atoms with E-state index in [0.29, 0.717) is 27.8 Å². The molecule has 0 saturated heterocycles. The minimum Gasteiger partial charge on any atom is -0.321 e. The fourth-order valence-electron chi connectivity index (χ4n) is 2.93. The monoisotopic (exact) mass is 462 g/mol. The van der Waals surface area contributed by atoms with Gasteiger partial charge in [-0.15, -0.1) is 16.4 Å². The van der Waals surface area contributed by atoms with Crippen molar-refractivity contribution >= 4 is 22.9 Å². The van der Waals surface area contributed by atoms with Crippen molar-refractivity contribution in [2.24, 2.45) is 0 Å². The predicted octanol–water partition coefficient (Wildman–Crippen LogP) is 4.81. The van der Waals surface area contributed by atoms with Gasteiger partial charge in [0.05, 0.1) is 11.3 Å². The number of hydrogen-bond acceptors (Lipinski definition) is 6. The number of anilines is 1. The number of thiazole rings is 1. The number of rotatable bonds is 4. The van der Waals surface area contributed by atoms with Crippen LogP contribution in [0.2, 0.25) is 0 Å². The molecule has 0 spiro atoms. The van der Waals surface area contributed by atoms with Gasteiger partial charge in [0, 0.05) is 11.3 Å². The van der Waals surface area contributed by atoms with Gasteiger partial charge in [0.15, 0.2) is 5.82 Å². The third kappa shape index (κ3) is 4.21. The van der Waals surface area contributed by atoms with Crippen LogP contribution in [0.3, 0.4) is 0 Å². The fraction of sp³-hybridized carbons (Fsp3) is 0.150. The van der Waals surface area contributed by atoms with Crippen molar-refractivity contribution in [1.29, 1.82) is 0 Å². The highest BCUT2D eigenvalue weighted by Gasteiger charge is 2.30. The Labute approximate surface area is 182 Å². The van der Waals surface area contributed by atoms with Crippen LogP contribution in [-0.4, -0.2) is 31.1 Å². The summed E-state index contributed by atoms with van der Waals surface area (Å²) >= 11 is 1.04. The molecule has 1 N–H and O–H groups in total. The van der Waals surface area contributed by atoms with Crippen LogP contribution >= 0.6 is 11.3 Å². The first-order valence-electron chi connectivity index (χ1n) is 9.15. The van der Waals surface area contributed by atoms with Gasteiger partial charge < -0.3 is 5.32 Å². The first-order chi connectivity index (χ1) is 15.1. The van der Waals surface area contributed by atoms with Gasteiger partial charge in [-0.3, -0.25) is 4.79 Å². The number of tetrazole rings is 1. The lowest BCUT2D eigenvalue weighted by atomic mass is 10.1. The highest BCUT2D eigenvalue weighted by atomic mass is 32.1. The number of carbonyl (C=O) groups excluding carboxylic acids is 1. The van der Waals surface area contributed by atoms with Crippen molar-refractivity contribution in [3.63, 3.8) is 0 Å². The van der Waals surface area contributed by atoms with Crippen LogP contribution in [0.25, 0.3) is 16.3 Å². The summed E-state index contributed by atoms with van der Waals surface area (Å²) in [4.78, 5) is 17.4.